The standard InChI is InChI=1S/C19H16N2O4/c22-21(23)17-11-12-18(24-13-15-7-3-1-4-8-15)20-19(17)25-14-16-9-5-2-6-10-16/h1-12H,13-14H2. The molecule has 0 unspecified atom stereocenters. The second-order valence-corrected chi connectivity index (χ2v) is 5.28. The van der Waals surface area contributed by atoms with Gasteiger partial charge in [0.25, 0.3) is 5.88 Å². The van der Waals surface area contributed by atoms with Crippen LogP contribution in [-0.2, 0) is 13.2 Å². The Hall–Kier alpha value is -3.41. The van der Waals surface area contributed by atoms with Crippen LogP contribution in [0.15, 0.2) is 72.8 Å². The molecule has 0 spiro atoms. The van der Waals surface area contributed by atoms with Gasteiger partial charge in [-0.15, -0.1) is 0 Å². The maximum Gasteiger partial charge on any atom is 0.331 e. The Bertz CT molecular complexity index is 839. The Morgan fingerprint density at radius 2 is 1.36 bits per heavy atom. The van der Waals surface area contributed by atoms with Crippen LogP contribution in [0.2, 0.25) is 0 Å². The monoisotopic (exact) mass is 336 g/mol. The minimum atomic E-state index is -0.520. The average Bonchev–Trinajstić information content (AvgIpc) is 2.66. The molecule has 3 rings (SSSR count). The lowest BCUT2D eigenvalue weighted by molar-refractivity contribution is -0.386. The Labute approximate surface area is 144 Å². The number of pyridine rings is 1. The first-order chi connectivity index (χ1) is 12.2. The van der Waals surface area contributed by atoms with Gasteiger partial charge in [0.2, 0.25) is 5.88 Å². The Balaban J connectivity index is 1.73. The topological polar surface area (TPSA) is 74.5 Å². The van der Waals surface area contributed by atoms with Gasteiger partial charge in [0, 0.05) is 12.1 Å². The van der Waals surface area contributed by atoms with Crippen LogP contribution in [0.5, 0.6) is 11.8 Å². The van der Waals surface area contributed by atoms with Crippen LogP contribution >= 0.6 is 0 Å². The van der Waals surface area contributed by atoms with Crippen LogP contribution in [-0.4, -0.2) is 9.91 Å². The smallest absolute Gasteiger partial charge is 0.331 e. The minimum absolute atomic E-state index is 0.0561. The highest BCUT2D eigenvalue weighted by Crippen LogP contribution is 2.28. The number of nitro groups is 1. The lowest BCUT2D eigenvalue weighted by Crippen LogP contribution is -2.03. The summed E-state index contributed by atoms with van der Waals surface area (Å²) in [6.45, 7) is 0.514. The van der Waals surface area contributed by atoms with Crippen LogP contribution in [0.3, 0.4) is 0 Å². The first-order valence-corrected chi connectivity index (χ1v) is 7.71. The summed E-state index contributed by atoms with van der Waals surface area (Å²) in [6, 6.07) is 21.8. The van der Waals surface area contributed by atoms with E-state index in [0.717, 1.165) is 11.1 Å². The van der Waals surface area contributed by atoms with Crippen molar-refractivity contribution in [3.8, 4) is 11.8 Å². The van der Waals surface area contributed by atoms with Crippen LogP contribution in [0, 0.1) is 10.1 Å². The summed E-state index contributed by atoms with van der Waals surface area (Å²) in [4.78, 5) is 14.8. The molecule has 0 atom stereocenters. The molecule has 0 aliphatic heterocycles. The highest BCUT2D eigenvalue weighted by atomic mass is 16.6. The van der Waals surface area contributed by atoms with Crippen molar-refractivity contribution in [2.45, 2.75) is 13.2 Å². The van der Waals surface area contributed by atoms with Crippen molar-refractivity contribution in [3.05, 3.63) is 94.0 Å². The van der Waals surface area contributed by atoms with E-state index in [2.05, 4.69) is 4.98 Å². The summed E-state index contributed by atoms with van der Waals surface area (Å²) < 4.78 is 11.2. The number of benzene rings is 2. The molecule has 0 aliphatic carbocycles. The van der Waals surface area contributed by atoms with Crippen molar-refractivity contribution in [1.82, 2.24) is 4.98 Å². The Kier molecular flexibility index (Phi) is 5.21. The predicted octanol–water partition coefficient (Wildman–Crippen LogP) is 4.15. The summed E-state index contributed by atoms with van der Waals surface area (Å²) in [7, 11) is 0. The fourth-order valence-corrected chi connectivity index (χ4v) is 2.20. The number of hydrogen-bond donors (Lipinski definition) is 0. The first-order valence-electron chi connectivity index (χ1n) is 7.71. The quantitative estimate of drug-likeness (QED) is 0.479. The van der Waals surface area contributed by atoms with Crippen molar-refractivity contribution in [2.24, 2.45) is 0 Å². The van der Waals surface area contributed by atoms with Gasteiger partial charge in [-0.1, -0.05) is 60.7 Å². The lowest BCUT2D eigenvalue weighted by atomic mass is 10.2. The first kappa shape index (κ1) is 16.4. The molecular formula is C19H16N2O4. The van der Waals surface area contributed by atoms with E-state index in [-0.39, 0.29) is 24.1 Å². The summed E-state index contributed by atoms with van der Waals surface area (Å²) in [5.74, 6) is 0.219. The SMILES string of the molecule is O=[N+]([O-])c1ccc(OCc2ccccc2)nc1OCc1ccccc1. The third-order valence-electron chi connectivity index (χ3n) is 3.46. The molecule has 126 valence electrons. The zero-order valence-electron chi connectivity index (χ0n) is 13.4. The van der Waals surface area contributed by atoms with E-state index in [0.29, 0.717) is 6.61 Å². The van der Waals surface area contributed by atoms with Crippen molar-refractivity contribution in [2.75, 3.05) is 0 Å². The molecule has 0 radical (unpaired) electrons. The van der Waals surface area contributed by atoms with E-state index < -0.39 is 4.92 Å². The third-order valence-corrected chi connectivity index (χ3v) is 3.46. The molecule has 0 saturated heterocycles. The lowest BCUT2D eigenvalue weighted by Gasteiger charge is -2.09. The number of nitrogens with zero attached hydrogens (tertiary/aromatic N) is 2. The normalized spacial score (nSPS) is 10.2. The molecule has 1 aromatic heterocycles. The molecule has 0 N–H and O–H groups in total. The van der Waals surface area contributed by atoms with Gasteiger partial charge in [-0.3, -0.25) is 10.1 Å². The highest BCUT2D eigenvalue weighted by molar-refractivity contribution is 5.43. The fraction of sp³-hybridized carbons (Fsp3) is 0.105. The van der Waals surface area contributed by atoms with Crippen LogP contribution < -0.4 is 9.47 Å². The van der Waals surface area contributed by atoms with Crippen molar-refractivity contribution < 1.29 is 14.4 Å². The number of hydrogen-bond acceptors (Lipinski definition) is 5. The fourth-order valence-electron chi connectivity index (χ4n) is 2.20. The number of rotatable bonds is 7. The molecule has 2 aromatic carbocycles. The molecular weight excluding hydrogens is 320 g/mol. The molecule has 0 bridgehead atoms. The summed E-state index contributed by atoms with van der Waals surface area (Å²) in [6.07, 6.45) is 0. The van der Waals surface area contributed by atoms with Crippen LogP contribution in [0.4, 0.5) is 5.69 Å². The Morgan fingerprint density at radius 1 is 0.800 bits per heavy atom. The van der Waals surface area contributed by atoms with Crippen molar-refractivity contribution in [3.63, 3.8) is 0 Å². The number of aromatic nitrogens is 1. The van der Waals surface area contributed by atoms with Gasteiger partial charge in [-0.25, -0.2) is 0 Å². The van der Waals surface area contributed by atoms with Gasteiger partial charge >= 0.3 is 5.69 Å². The molecule has 25 heavy (non-hydrogen) atoms. The molecule has 6 heteroatoms. The van der Waals surface area contributed by atoms with E-state index in [4.69, 9.17) is 9.47 Å². The van der Waals surface area contributed by atoms with Gasteiger partial charge in [-0.2, -0.15) is 4.98 Å². The summed E-state index contributed by atoms with van der Waals surface area (Å²) in [5.41, 5.74) is 1.69. The minimum Gasteiger partial charge on any atom is -0.473 e. The van der Waals surface area contributed by atoms with E-state index in [1.54, 1.807) is 0 Å². The van der Waals surface area contributed by atoms with Gasteiger partial charge in [0.05, 0.1) is 4.92 Å². The van der Waals surface area contributed by atoms with Crippen LogP contribution in [0.25, 0.3) is 0 Å². The van der Waals surface area contributed by atoms with E-state index in [9.17, 15) is 10.1 Å². The predicted molar refractivity (Wildman–Crippen MR) is 92.4 cm³/mol. The van der Waals surface area contributed by atoms with Gasteiger partial charge < -0.3 is 9.47 Å². The van der Waals surface area contributed by atoms with Crippen molar-refractivity contribution >= 4 is 5.69 Å². The molecule has 0 fully saturated rings. The zero-order chi connectivity index (χ0) is 17.5. The molecule has 6 nitrogen and oxygen atoms in total. The highest BCUT2D eigenvalue weighted by Gasteiger charge is 2.18. The second-order valence-electron chi connectivity index (χ2n) is 5.28. The van der Waals surface area contributed by atoms with Crippen molar-refractivity contribution in [1.29, 1.82) is 0 Å². The number of ether oxygens (including phenoxy) is 2. The maximum absolute atomic E-state index is 11.2. The molecule has 1 heterocycles. The molecule has 0 aliphatic rings. The van der Waals surface area contributed by atoms with Crippen LogP contribution in [0.1, 0.15) is 11.1 Å². The Morgan fingerprint density at radius 3 is 1.92 bits per heavy atom. The zero-order valence-corrected chi connectivity index (χ0v) is 13.4. The molecule has 0 saturated carbocycles. The van der Waals surface area contributed by atoms with E-state index in [1.807, 2.05) is 60.7 Å². The maximum atomic E-state index is 11.2. The summed E-state index contributed by atoms with van der Waals surface area (Å²) >= 11 is 0. The molecule has 3 aromatic rings. The van der Waals surface area contributed by atoms with E-state index >= 15 is 0 Å². The summed E-state index contributed by atoms with van der Waals surface area (Å²) in [5, 5.41) is 11.2. The van der Waals surface area contributed by atoms with Gasteiger partial charge in [-0.05, 0) is 11.1 Å². The van der Waals surface area contributed by atoms with Gasteiger partial charge in [0.15, 0.2) is 0 Å². The molecule has 0 amide bonds. The average molecular weight is 336 g/mol. The second kappa shape index (κ2) is 7.92. The van der Waals surface area contributed by atoms with Gasteiger partial charge in [0.1, 0.15) is 13.2 Å². The largest absolute Gasteiger partial charge is 0.473 e. The third kappa shape index (κ3) is 4.54. The van der Waals surface area contributed by atoms with E-state index in [1.165, 1.54) is 12.1 Å².